The molecule has 0 amide bonds. The van der Waals surface area contributed by atoms with Gasteiger partial charge in [0.05, 0.1) is 12.4 Å². The normalized spacial score (nSPS) is 22.9. The van der Waals surface area contributed by atoms with Crippen LogP contribution in [0.2, 0.25) is 0 Å². The zero-order valence-corrected chi connectivity index (χ0v) is 9.14. The highest BCUT2D eigenvalue weighted by Gasteiger charge is 2.30. The second-order valence-electron chi connectivity index (χ2n) is 3.76. The zero-order valence-electron chi connectivity index (χ0n) is 8.32. The molecule has 0 heterocycles. The summed E-state index contributed by atoms with van der Waals surface area (Å²) in [7, 11) is -2.05. The van der Waals surface area contributed by atoms with Crippen molar-refractivity contribution in [3.63, 3.8) is 0 Å². The topological polar surface area (TPSA) is 43.4 Å². The largest absolute Gasteiger partial charge is 0.273 e. The molecule has 1 aliphatic rings. The van der Waals surface area contributed by atoms with Gasteiger partial charge < -0.3 is 0 Å². The molecule has 0 saturated heterocycles. The maximum Gasteiger partial charge on any atom is 0.269 e. The van der Waals surface area contributed by atoms with Gasteiger partial charge >= 0.3 is 0 Å². The van der Waals surface area contributed by atoms with Crippen molar-refractivity contribution >= 4 is 10.1 Å². The van der Waals surface area contributed by atoms with Gasteiger partial charge in [-0.2, -0.15) is 8.42 Å². The molecule has 13 heavy (non-hydrogen) atoms. The van der Waals surface area contributed by atoms with Gasteiger partial charge in [-0.15, -0.1) is 0 Å². The molecule has 1 atom stereocenters. The maximum absolute atomic E-state index is 11.4. The van der Waals surface area contributed by atoms with Crippen LogP contribution in [0.1, 0.15) is 39.0 Å². The Bertz CT molecular complexity index is 240. The molecule has 0 aromatic rings. The molecule has 78 valence electrons. The van der Waals surface area contributed by atoms with E-state index in [0.717, 1.165) is 25.7 Å². The van der Waals surface area contributed by atoms with E-state index < -0.39 is 10.1 Å². The number of rotatable bonds is 3. The maximum atomic E-state index is 11.4. The lowest BCUT2D eigenvalue weighted by molar-refractivity contribution is 0.320. The molecule has 0 radical (unpaired) electrons. The van der Waals surface area contributed by atoms with Crippen LogP contribution < -0.4 is 0 Å². The van der Waals surface area contributed by atoms with E-state index in [1.54, 1.807) is 6.92 Å². The van der Waals surface area contributed by atoms with Gasteiger partial charge in [-0.1, -0.05) is 19.3 Å². The molecule has 0 N–H and O–H groups in total. The summed E-state index contributed by atoms with van der Waals surface area (Å²) in [5.41, 5.74) is 0. The molecule has 1 unspecified atom stereocenters. The third-order valence-electron chi connectivity index (χ3n) is 3.00. The Morgan fingerprint density at radius 1 is 1.23 bits per heavy atom. The van der Waals surface area contributed by atoms with Crippen molar-refractivity contribution < 1.29 is 12.6 Å². The van der Waals surface area contributed by atoms with Gasteiger partial charge in [0.25, 0.3) is 10.1 Å². The fraction of sp³-hybridized carbons (Fsp3) is 1.00. The third-order valence-corrected chi connectivity index (χ3v) is 4.76. The second kappa shape index (κ2) is 4.42. The van der Waals surface area contributed by atoms with E-state index in [9.17, 15) is 8.42 Å². The summed E-state index contributed by atoms with van der Waals surface area (Å²) in [4.78, 5) is 0. The van der Waals surface area contributed by atoms with Crippen LogP contribution >= 0.6 is 0 Å². The number of hydrogen-bond acceptors (Lipinski definition) is 3. The smallest absolute Gasteiger partial charge is 0.269 e. The molecule has 0 aromatic carbocycles. The SMILES string of the molecule is COS(=O)(=O)C(C)C1CCCCC1. The van der Waals surface area contributed by atoms with Crippen molar-refractivity contribution in [1.29, 1.82) is 0 Å². The van der Waals surface area contributed by atoms with Crippen molar-refractivity contribution in [1.82, 2.24) is 0 Å². The van der Waals surface area contributed by atoms with E-state index in [4.69, 9.17) is 0 Å². The average molecular weight is 206 g/mol. The summed E-state index contributed by atoms with van der Waals surface area (Å²) >= 11 is 0. The van der Waals surface area contributed by atoms with Crippen molar-refractivity contribution in [3.8, 4) is 0 Å². The van der Waals surface area contributed by atoms with E-state index in [0.29, 0.717) is 5.92 Å². The Labute approximate surface area is 80.6 Å². The van der Waals surface area contributed by atoms with Crippen molar-refractivity contribution in [3.05, 3.63) is 0 Å². The lowest BCUT2D eigenvalue weighted by Crippen LogP contribution is -2.29. The Morgan fingerprint density at radius 3 is 2.23 bits per heavy atom. The molecular formula is C9H18O3S. The quantitative estimate of drug-likeness (QED) is 0.663. The minimum Gasteiger partial charge on any atom is -0.273 e. The first-order valence-corrected chi connectivity index (χ1v) is 6.34. The first-order chi connectivity index (χ1) is 6.08. The van der Waals surface area contributed by atoms with E-state index in [1.807, 2.05) is 0 Å². The zero-order chi connectivity index (χ0) is 9.90. The van der Waals surface area contributed by atoms with Crippen LogP contribution in [0.3, 0.4) is 0 Å². The molecule has 1 saturated carbocycles. The highest BCUT2D eigenvalue weighted by molar-refractivity contribution is 7.87. The predicted octanol–water partition coefficient (Wildman–Crippen LogP) is 1.93. The van der Waals surface area contributed by atoms with Crippen LogP contribution in [0.5, 0.6) is 0 Å². The van der Waals surface area contributed by atoms with Gasteiger partial charge in [0.1, 0.15) is 0 Å². The highest BCUT2D eigenvalue weighted by Crippen LogP contribution is 2.29. The Hall–Kier alpha value is -0.0900. The average Bonchev–Trinajstić information content (AvgIpc) is 2.18. The van der Waals surface area contributed by atoms with Crippen molar-refractivity contribution in [2.75, 3.05) is 7.11 Å². The van der Waals surface area contributed by atoms with Crippen LogP contribution in [0.15, 0.2) is 0 Å². The minimum atomic E-state index is -3.30. The molecule has 4 heteroatoms. The molecule has 0 bridgehead atoms. The monoisotopic (exact) mass is 206 g/mol. The summed E-state index contributed by atoms with van der Waals surface area (Å²) in [6, 6.07) is 0. The van der Waals surface area contributed by atoms with Gasteiger partial charge in [-0.25, -0.2) is 0 Å². The van der Waals surface area contributed by atoms with Crippen LogP contribution in [0.4, 0.5) is 0 Å². The Morgan fingerprint density at radius 2 is 1.77 bits per heavy atom. The van der Waals surface area contributed by atoms with Gasteiger partial charge in [0.15, 0.2) is 0 Å². The van der Waals surface area contributed by atoms with Gasteiger partial charge in [0.2, 0.25) is 0 Å². The fourth-order valence-corrected chi connectivity index (χ4v) is 3.04. The molecule has 3 nitrogen and oxygen atoms in total. The van der Waals surface area contributed by atoms with E-state index in [-0.39, 0.29) is 5.25 Å². The molecule has 0 aliphatic heterocycles. The van der Waals surface area contributed by atoms with Crippen LogP contribution in [-0.2, 0) is 14.3 Å². The first-order valence-electron chi connectivity index (χ1n) is 4.87. The standard InChI is InChI=1S/C9H18O3S/c1-8(13(10,11)12-2)9-6-4-3-5-7-9/h8-9H,3-7H2,1-2H3. The van der Waals surface area contributed by atoms with Crippen molar-refractivity contribution in [2.24, 2.45) is 5.92 Å². The van der Waals surface area contributed by atoms with Crippen molar-refractivity contribution in [2.45, 2.75) is 44.3 Å². The van der Waals surface area contributed by atoms with Crippen LogP contribution in [0.25, 0.3) is 0 Å². The lowest BCUT2D eigenvalue weighted by Gasteiger charge is -2.26. The van der Waals surface area contributed by atoms with Gasteiger partial charge in [-0.05, 0) is 25.7 Å². The lowest BCUT2D eigenvalue weighted by atomic mass is 9.87. The second-order valence-corrected chi connectivity index (χ2v) is 5.83. The minimum absolute atomic E-state index is 0.304. The molecule has 1 aliphatic carbocycles. The fourth-order valence-electron chi connectivity index (χ4n) is 1.99. The first kappa shape index (κ1) is 11.0. The summed E-state index contributed by atoms with van der Waals surface area (Å²) < 4.78 is 27.3. The Balaban J connectivity index is 2.60. The summed E-state index contributed by atoms with van der Waals surface area (Å²) in [6.07, 6.45) is 5.63. The molecular weight excluding hydrogens is 188 g/mol. The summed E-state index contributed by atoms with van der Waals surface area (Å²) in [5, 5.41) is -0.335. The van der Waals surface area contributed by atoms with Crippen LogP contribution in [-0.4, -0.2) is 20.8 Å². The van der Waals surface area contributed by atoms with Gasteiger partial charge in [0, 0.05) is 0 Å². The molecule has 1 rings (SSSR count). The summed E-state index contributed by atoms with van der Waals surface area (Å²) in [5.74, 6) is 0.304. The van der Waals surface area contributed by atoms with Crippen LogP contribution in [0, 0.1) is 5.92 Å². The van der Waals surface area contributed by atoms with E-state index in [1.165, 1.54) is 13.5 Å². The Kier molecular flexibility index (Phi) is 3.74. The van der Waals surface area contributed by atoms with E-state index >= 15 is 0 Å². The third kappa shape index (κ3) is 2.68. The predicted molar refractivity (Wildman–Crippen MR) is 52.0 cm³/mol. The highest BCUT2D eigenvalue weighted by atomic mass is 32.2. The van der Waals surface area contributed by atoms with Gasteiger partial charge in [-0.3, -0.25) is 4.18 Å². The molecule has 0 aromatic heterocycles. The summed E-state index contributed by atoms with van der Waals surface area (Å²) in [6.45, 7) is 1.76. The van der Waals surface area contributed by atoms with E-state index in [2.05, 4.69) is 4.18 Å². The molecule has 1 fully saturated rings. The number of hydrogen-bond donors (Lipinski definition) is 0. The molecule has 0 spiro atoms.